The number of aromatic nitrogens is 1. The van der Waals surface area contributed by atoms with Gasteiger partial charge >= 0.3 is 12.1 Å². The van der Waals surface area contributed by atoms with Crippen molar-refractivity contribution >= 4 is 23.2 Å². The van der Waals surface area contributed by atoms with Crippen molar-refractivity contribution in [2.24, 2.45) is 0 Å². The molecule has 0 aliphatic heterocycles. The molecule has 1 amide bonds. The number of esters is 1. The number of rotatable bonds is 5. The van der Waals surface area contributed by atoms with Gasteiger partial charge in [-0.25, -0.2) is 4.98 Å². The number of amides is 1. The molecule has 0 saturated heterocycles. The van der Waals surface area contributed by atoms with E-state index in [9.17, 15) is 22.8 Å². The summed E-state index contributed by atoms with van der Waals surface area (Å²) in [6.07, 6.45) is -4.60. The molecule has 0 bridgehead atoms. The lowest BCUT2D eigenvalue weighted by molar-refractivity contribution is -0.150. The average Bonchev–Trinajstić information content (AvgIpc) is 2.68. The number of carbonyl (C=O) groups is 2. The Labute approximate surface area is 110 Å². The number of ether oxygens (including phenoxy) is 1. The van der Waals surface area contributed by atoms with Crippen LogP contribution in [0.1, 0.15) is 10.7 Å². The van der Waals surface area contributed by atoms with Gasteiger partial charge in [0, 0.05) is 5.38 Å². The van der Waals surface area contributed by atoms with Crippen LogP contribution >= 0.6 is 11.3 Å². The molecule has 19 heavy (non-hydrogen) atoms. The Balaban J connectivity index is 2.25. The zero-order valence-electron chi connectivity index (χ0n) is 9.91. The van der Waals surface area contributed by atoms with Crippen LogP contribution < -0.4 is 5.32 Å². The van der Waals surface area contributed by atoms with Crippen molar-refractivity contribution in [1.29, 1.82) is 0 Å². The van der Waals surface area contributed by atoms with Crippen molar-refractivity contribution in [3.05, 3.63) is 16.1 Å². The summed E-state index contributed by atoms with van der Waals surface area (Å²) in [4.78, 5) is 26.2. The lowest BCUT2D eigenvalue weighted by Gasteiger charge is -2.08. The van der Waals surface area contributed by atoms with Crippen molar-refractivity contribution in [1.82, 2.24) is 10.3 Å². The van der Waals surface area contributed by atoms with Gasteiger partial charge in [-0.2, -0.15) is 13.2 Å². The zero-order valence-corrected chi connectivity index (χ0v) is 10.7. The molecule has 1 aromatic heterocycles. The molecule has 0 radical (unpaired) electrons. The second-order valence-corrected chi connectivity index (χ2v) is 4.65. The van der Waals surface area contributed by atoms with Gasteiger partial charge in [-0.05, 0) is 6.92 Å². The van der Waals surface area contributed by atoms with E-state index in [0.717, 1.165) is 5.01 Å². The highest BCUT2D eigenvalue weighted by molar-refractivity contribution is 7.09. The molecule has 5 nitrogen and oxygen atoms in total. The third-order valence-corrected chi connectivity index (χ3v) is 2.66. The fourth-order valence-corrected chi connectivity index (χ4v) is 1.70. The maximum absolute atomic E-state index is 11.8. The molecule has 0 unspecified atom stereocenters. The molecule has 0 fully saturated rings. The number of nitrogens with zero attached hydrogens (tertiary/aromatic N) is 1. The minimum atomic E-state index is -4.49. The van der Waals surface area contributed by atoms with Gasteiger partial charge in [0.1, 0.15) is 6.54 Å². The summed E-state index contributed by atoms with van der Waals surface area (Å²) >= 11 is 1.36. The molecule has 0 aliphatic carbocycles. The van der Waals surface area contributed by atoms with Crippen LogP contribution in [0.15, 0.2) is 5.38 Å². The molecule has 1 rings (SSSR count). The fraction of sp³-hybridized carbons (Fsp3) is 0.500. The summed E-state index contributed by atoms with van der Waals surface area (Å²) in [6, 6.07) is 0. The quantitative estimate of drug-likeness (QED) is 0.829. The van der Waals surface area contributed by atoms with E-state index in [4.69, 9.17) is 0 Å². The monoisotopic (exact) mass is 296 g/mol. The maximum Gasteiger partial charge on any atom is 0.405 e. The minimum absolute atomic E-state index is 0.114. The molecule has 1 aromatic rings. The smallest absolute Gasteiger partial charge is 0.405 e. The van der Waals surface area contributed by atoms with Gasteiger partial charge in [-0.15, -0.1) is 11.3 Å². The van der Waals surface area contributed by atoms with Gasteiger partial charge in [-0.3, -0.25) is 9.59 Å². The third-order valence-electron chi connectivity index (χ3n) is 1.84. The van der Waals surface area contributed by atoms with Crippen LogP contribution in [0.5, 0.6) is 0 Å². The van der Waals surface area contributed by atoms with Gasteiger partial charge in [0.2, 0.25) is 0 Å². The molecular weight excluding hydrogens is 285 g/mol. The Hall–Kier alpha value is -1.64. The molecule has 106 valence electrons. The number of aryl methyl sites for hydroxylation is 1. The van der Waals surface area contributed by atoms with Crippen molar-refractivity contribution in [3.8, 4) is 0 Å². The second kappa shape index (κ2) is 6.50. The van der Waals surface area contributed by atoms with Crippen LogP contribution in [0.25, 0.3) is 0 Å². The molecular formula is C10H11F3N2O3S. The molecule has 1 heterocycles. The minimum Gasteiger partial charge on any atom is -0.455 e. The van der Waals surface area contributed by atoms with Crippen LogP contribution in [0.3, 0.4) is 0 Å². The first-order chi connectivity index (χ1) is 8.76. The highest BCUT2D eigenvalue weighted by Gasteiger charge is 2.27. The van der Waals surface area contributed by atoms with Gasteiger partial charge in [-0.1, -0.05) is 0 Å². The van der Waals surface area contributed by atoms with Crippen molar-refractivity contribution < 1.29 is 27.5 Å². The molecule has 0 aromatic carbocycles. The third kappa shape index (κ3) is 6.75. The fourth-order valence-electron chi connectivity index (χ4n) is 1.08. The largest absolute Gasteiger partial charge is 0.455 e. The Kier molecular flexibility index (Phi) is 5.28. The summed E-state index contributed by atoms with van der Waals surface area (Å²) in [7, 11) is 0. The average molecular weight is 296 g/mol. The highest BCUT2D eigenvalue weighted by atomic mass is 32.1. The lowest BCUT2D eigenvalue weighted by Crippen LogP contribution is -2.36. The first-order valence-electron chi connectivity index (χ1n) is 5.16. The number of carbonyl (C=O) groups excluding carboxylic acids is 2. The van der Waals surface area contributed by atoms with Gasteiger partial charge in [0.05, 0.1) is 17.1 Å². The van der Waals surface area contributed by atoms with Crippen molar-refractivity contribution in [2.45, 2.75) is 19.5 Å². The number of alkyl halides is 3. The Bertz CT molecular complexity index is 459. The molecule has 9 heteroatoms. The standard InChI is InChI=1S/C10H11F3N2O3S/c1-6-15-7(4-19-6)2-9(17)18-3-8(16)14-5-10(11,12)13/h4H,2-3,5H2,1H3,(H,14,16). The SMILES string of the molecule is Cc1nc(CC(=O)OCC(=O)NCC(F)(F)F)cs1. The summed E-state index contributed by atoms with van der Waals surface area (Å²) in [6.45, 7) is -0.420. The van der Waals surface area contributed by atoms with Crippen molar-refractivity contribution in [3.63, 3.8) is 0 Å². The Morgan fingerprint density at radius 1 is 1.47 bits per heavy atom. The number of halogens is 3. The van der Waals surface area contributed by atoms with E-state index in [1.807, 2.05) is 0 Å². The van der Waals surface area contributed by atoms with Crippen LogP contribution in [-0.2, 0) is 20.7 Å². The number of nitrogens with one attached hydrogen (secondary N) is 1. The van der Waals surface area contributed by atoms with Crippen LogP contribution in [0, 0.1) is 6.92 Å². The topological polar surface area (TPSA) is 68.3 Å². The second-order valence-electron chi connectivity index (χ2n) is 3.59. The highest BCUT2D eigenvalue weighted by Crippen LogP contribution is 2.12. The van der Waals surface area contributed by atoms with E-state index < -0.39 is 31.2 Å². The first-order valence-corrected chi connectivity index (χ1v) is 6.04. The molecule has 0 aliphatic rings. The Morgan fingerprint density at radius 2 is 2.16 bits per heavy atom. The summed E-state index contributed by atoms with van der Waals surface area (Å²) in [5, 5.41) is 4.04. The lowest BCUT2D eigenvalue weighted by atomic mass is 10.3. The maximum atomic E-state index is 11.8. The number of thiazole rings is 1. The van der Waals surface area contributed by atoms with Crippen LogP contribution in [0.4, 0.5) is 13.2 Å². The molecule has 0 atom stereocenters. The van der Waals surface area contributed by atoms with Gasteiger partial charge < -0.3 is 10.1 Å². The number of hydrogen-bond acceptors (Lipinski definition) is 5. The normalized spacial score (nSPS) is 11.2. The van der Waals surface area contributed by atoms with Gasteiger partial charge in [0.25, 0.3) is 5.91 Å². The van der Waals surface area contributed by atoms with E-state index in [1.165, 1.54) is 11.3 Å². The predicted molar refractivity (Wildman–Crippen MR) is 60.6 cm³/mol. The van der Waals surface area contributed by atoms with E-state index in [1.54, 1.807) is 17.6 Å². The van der Waals surface area contributed by atoms with Gasteiger partial charge in [0.15, 0.2) is 6.61 Å². The van der Waals surface area contributed by atoms with Crippen molar-refractivity contribution in [2.75, 3.05) is 13.2 Å². The van der Waals surface area contributed by atoms with Crippen LogP contribution in [-0.4, -0.2) is 36.2 Å². The van der Waals surface area contributed by atoms with E-state index in [-0.39, 0.29) is 6.42 Å². The first kappa shape index (κ1) is 15.4. The van der Waals surface area contributed by atoms with E-state index in [2.05, 4.69) is 9.72 Å². The predicted octanol–water partition coefficient (Wildman–Crippen LogP) is 1.22. The van der Waals surface area contributed by atoms with Crippen LogP contribution in [0.2, 0.25) is 0 Å². The molecule has 0 saturated carbocycles. The van der Waals surface area contributed by atoms with E-state index in [0.29, 0.717) is 5.69 Å². The Morgan fingerprint density at radius 3 is 2.68 bits per heavy atom. The number of hydrogen-bond donors (Lipinski definition) is 1. The summed E-state index contributed by atoms with van der Waals surface area (Å²) < 4.78 is 39.9. The summed E-state index contributed by atoms with van der Waals surface area (Å²) in [5.41, 5.74) is 0.503. The van der Waals surface area contributed by atoms with E-state index >= 15 is 0 Å². The molecule has 1 N–H and O–H groups in total. The summed E-state index contributed by atoms with van der Waals surface area (Å²) in [5.74, 6) is -1.72. The molecule has 0 spiro atoms. The zero-order chi connectivity index (χ0) is 14.5.